The van der Waals surface area contributed by atoms with Gasteiger partial charge in [-0.1, -0.05) is 20.0 Å². The van der Waals surface area contributed by atoms with E-state index in [2.05, 4.69) is 45.7 Å². The Bertz CT molecular complexity index is 240. The molecule has 1 atom stereocenters. The lowest BCUT2D eigenvalue weighted by Crippen LogP contribution is -2.59. The Morgan fingerprint density at radius 3 is 1.83 bits per heavy atom. The molecule has 1 unspecified atom stereocenters. The molecule has 0 saturated carbocycles. The van der Waals surface area contributed by atoms with Gasteiger partial charge in [-0.05, 0) is 27.3 Å². The molecule has 0 heterocycles. The first-order valence-corrected chi connectivity index (χ1v) is 11.9. The molecule has 0 radical (unpaired) electrons. The fourth-order valence-electron chi connectivity index (χ4n) is 1.99. The third-order valence-corrected chi connectivity index (χ3v) is 7.22. The van der Waals surface area contributed by atoms with E-state index in [0.29, 0.717) is 0 Å². The van der Waals surface area contributed by atoms with Crippen LogP contribution in [0.15, 0.2) is 0 Å². The zero-order valence-electron chi connectivity index (χ0n) is 13.5. The standard InChI is InChI=1S/C12H31NO3Si2/c1-10-13(12(2,3)4)11(17(7)8)16-18(9,14-5)15-6/h11,17H,10H2,1-9H3. The molecule has 0 aliphatic heterocycles. The smallest absolute Gasteiger partial charge is 0.377 e. The van der Waals surface area contributed by atoms with E-state index in [-0.39, 0.29) is 11.4 Å². The summed E-state index contributed by atoms with van der Waals surface area (Å²) in [4.78, 5) is 2.41. The molecule has 0 rings (SSSR count). The molecule has 0 spiro atoms. The third kappa shape index (κ3) is 5.10. The first-order valence-electron chi connectivity index (χ1n) is 6.66. The highest BCUT2D eigenvalue weighted by Gasteiger charge is 2.40. The highest BCUT2D eigenvalue weighted by molar-refractivity contribution is 6.62. The van der Waals surface area contributed by atoms with Crippen molar-refractivity contribution in [1.82, 2.24) is 4.90 Å². The van der Waals surface area contributed by atoms with Crippen LogP contribution in [0.3, 0.4) is 0 Å². The van der Waals surface area contributed by atoms with Crippen LogP contribution in [0.5, 0.6) is 0 Å². The summed E-state index contributed by atoms with van der Waals surface area (Å²) in [5.74, 6) is 0.145. The Balaban J connectivity index is 5.07. The van der Waals surface area contributed by atoms with Crippen molar-refractivity contribution in [2.24, 2.45) is 0 Å². The first kappa shape index (κ1) is 18.3. The van der Waals surface area contributed by atoms with Gasteiger partial charge >= 0.3 is 8.80 Å². The van der Waals surface area contributed by atoms with E-state index in [1.807, 2.05) is 6.55 Å². The number of rotatable bonds is 7. The molecule has 0 amide bonds. The van der Waals surface area contributed by atoms with Gasteiger partial charge in [0.25, 0.3) is 0 Å². The highest BCUT2D eigenvalue weighted by atomic mass is 28.4. The molecule has 110 valence electrons. The molecule has 0 aromatic heterocycles. The minimum Gasteiger partial charge on any atom is -0.377 e. The second-order valence-corrected chi connectivity index (χ2v) is 11.8. The van der Waals surface area contributed by atoms with E-state index in [4.69, 9.17) is 13.3 Å². The van der Waals surface area contributed by atoms with Gasteiger partial charge < -0.3 is 13.3 Å². The summed E-state index contributed by atoms with van der Waals surface area (Å²) in [6.07, 6.45) is 0. The monoisotopic (exact) mass is 293 g/mol. The maximum absolute atomic E-state index is 6.26. The molecule has 6 heteroatoms. The number of nitrogens with zero attached hydrogens (tertiary/aromatic N) is 1. The van der Waals surface area contributed by atoms with Crippen LogP contribution in [0, 0.1) is 0 Å². The predicted octanol–water partition coefficient (Wildman–Crippen LogP) is 2.34. The summed E-state index contributed by atoms with van der Waals surface area (Å²) >= 11 is 0. The van der Waals surface area contributed by atoms with Crippen LogP contribution < -0.4 is 0 Å². The summed E-state index contributed by atoms with van der Waals surface area (Å²) in [7, 11) is -0.161. The molecule has 0 bridgehead atoms. The van der Waals surface area contributed by atoms with Gasteiger partial charge in [0.2, 0.25) is 0 Å². The normalized spacial score (nSPS) is 15.5. The van der Waals surface area contributed by atoms with Crippen molar-refractivity contribution < 1.29 is 13.3 Å². The minimum atomic E-state index is -2.49. The predicted molar refractivity (Wildman–Crippen MR) is 81.5 cm³/mol. The number of hydrogen-bond acceptors (Lipinski definition) is 4. The van der Waals surface area contributed by atoms with E-state index in [1.165, 1.54) is 0 Å². The summed E-state index contributed by atoms with van der Waals surface area (Å²) in [6.45, 7) is 16.4. The lowest BCUT2D eigenvalue weighted by atomic mass is 10.1. The Kier molecular flexibility index (Phi) is 7.27. The topological polar surface area (TPSA) is 30.9 Å². The van der Waals surface area contributed by atoms with Gasteiger partial charge in [0.05, 0.1) is 14.6 Å². The van der Waals surface area contributed by atoms with Crippen LogP contribution >= 0.6 is 0 Å². The third-order valence-electron chi connectivity index (χ3n) is 3.16. The van der Waals surface area contributed by atoms with Gasteiger partial charge in [-0.3, -0.25) is 4.90 Å². The SMILES string of the molecule is CCN(C(O[Si](C)(OC)OC)[SiH](C)C)C(C)(C)C. The molecule has 0 fully saturated rings. The maximum atomic E-state index is 6.26. The lowest BCUT2D eigenvalue weighted by molar-refractivity contribution is -0.0267. The zero-order chi connectivity index (χ0) is 14.6. The Labute approximate surface area is 116 Å². The van der Waals surface area contributed by atoms with Crippen LogP contribution in [0.2, 0.25) is 19.6 Å². The first-order chi connectivity index (χ1) is 8.11. The molecule has 18 heavy (non-hydrogen) atoms. The van der Waals surface area contributed by atoms with E-state index in [9.17, 15) is 0 Å². The van der Waals surface area contributed by atoms with E-state index >= 15 is 0 Å². The Morgan fingerprint density at radius 1 is 1.17 bits per heavy atom. The summed E-state index contributed by atoms with van der Waals surface area (Å²) in [6, 6.07) is 0. The van der Waals surface area contributed by atoms with E-state index < -0.39 is 17.6 Å². The fourth-order valence-corrected chi connectivity index (χ4v) is 6.13. The van der Waals surface area contributed by atoms with Crippen molar-refractivity contribution in [3.63, 3.8) is 0 Å². The van der Waals surface area contributed by atoms with Gasteiger partial charge in [0, 0.05) is 26.3 Å². The zero-order valence-corrected chi connectivity index (χ0v) is 15.7. The molecule has 0 aromatic rings. The fraction of sp³-hybridized carbons (Fsp3) is 1.00. The van der Waals surface area contributed by atoms with Gasteiger partial charge in [-0.15, -0.1) is 0 Å². The maximum Gasteiger partial charge on any atom is 0.498 e. The second-order valence-electron chi connectivity index (χ2n) is 5.98. The quantitative estimate of drug-likeness (QED) is 0.532. The molecule has 0 aliphatic rings. The molecule has 0 aromatic carbocycles. The van der Waals surface area contributed by atoms with Gasteiger partial charge in [-0.25, -0.2) is 0 Å². The van der Waals surface area contributed by atoms with Crippen molar-refractivity contribution in [3.8, 4) is 0 Å². The van der Waals surface area contributed by atoms with Gasteiger partial charge in [0.1, 0.15) is 0 Å². The van der Waals surface area contributed by atoms with Crippen molar-refractivity contribution >= 4 is 17.6 Å². The minimum absolute atomic E-state index is 0.0908. The largest absolute Gasteiger partial charge is 0.498 e. The van der Waals surface area contributed by atoms with Crippen LogP contribution in [-0.2, 0) is 13.3 Å². The Hall–Kier alpha value is 0.274. The van der Waals surface area contributed by atoms with Crippen molar-refractivity contribution in [3.05, 3.63) is 0 Å². The Morgan fingerprint density at radius 2 is 1.61 bits per heavy atom. The van der Waals surface area contributed by atoms with Crippen molar-refractivity contribution in [2.75, 3.05) is 20.8 Å². The van der Waals surface area contributed by atoms with Crippen molar-refractivity contribution in [2.45, 2.75) is 58.7 Å². The summed E-state index contributed by atoms with van der Waals surface area (Å²) in [5.41, 5.74) is 0.0908. The van der Waals surface area contributed by atoms with Crippen LogP contribution in [0.4, 0.5) is 0 Å². The number of hydrogen-bond donors (Lipinski definition) is 0. The lowest BCUT2D eigenvalue weighted by Gasteiger charge is -2.44. The molecular weight excluding hydrogens is 262 g/mol. The molecule has 0 N–H and O–H groups in total. The van der Waals surface area contributed by atoms with Crippen LogP contribution in [-0.4, -0.2) is 54.7 Å². The molecular formula is C12H31NO3Si2. The summed E-state index contributed by atoms with van der Waals surface area (Å²) in [5, 5.41) is 0. The average Bonchev–Trinajstić information content (AvgIpc) is 2.26. The van der Waals surface area contributed by atoms with E-state index in [1.54, 1.807) is 14.2 Å². The van der Waals surface area contributed by atoms with Crippen molar-refractivity contribution in [1.29, 1.82) is 0 Å². The summed E-state index contributed by atoms with van der Waals surface area (Å²) < 4.78 is 17.2. The average molecular weight is 294 g/mol. The molecule has 0 saturated heterocycles. The van der Waals surface area contributed by atoms with Gasteiger partial charge in [-0.2, -0.15) is 0 Å². The van der Waals surface area contributed by atoms with E-state index in [0.717, 1.165) is 6.54 Å². The van der Waals surface area contributed by atoms with Crippen LogP contribution in [0.1, 0.15) is 27.7 Å². The second kappa shape index (κ2) is 7.16. The highest BCUT2D eigenvalue weighted by Crippen LogP contribution is 2.22. The van der Waals surface area contributed by atoms with Crippen LogP contribution in [0.25, 0.3) is 0 Å². The molecule has 0 aliphatic carbocycles. The molecule has 4 nitrogen and oxygen atoms in total. The van der Waals surface area contributed by atoms with Gasteiger partial charge in [0.15, 0.2) is 0 Å².